The lowest BCUT2D eigenvalue weighted by Crippen LogP contribution is -2.46. The van der Waals surface area contributed by atoms with Gasteiger partial charge < -0.3 is 10.0 Å². The van der Waals surface area contributed by atoms with Crippen LogP contribution in [-0.4, -0.2) is 55.3 Å². The molecule has 1 amide bonds. The van der Waals surface area contributed by atoms with E-state index < -0.39 is 6.10 Å². The topological polar surface area (TPSA) is 84.1 Å². The highest BCUT2D eigenvalue weighted by molar-refractivity contribution is 6.18. The number of rotatable bonds is 3. The molecule has 0 saturated carbocycles. The minimum Gasteiger partial charge on any atom is -0.391 e. The molecule has 2 atom stereocenters. The average Bonchev–Trinajstić information content (AvgIpc) is 3.01. The van der Waals surface area contributed by atoms with Crippen LogP contribution >= 0.6 is 0 Å². The molecule has 1 saturated heterocycles. The molecule has 2 heterocycles. The first kappa shape index (κ1) is 16.3. The van der Waals surface area contributed by atoms with Gasteiger partial charge >= 0.3 is 0 Å². The maximum atomic E-state index is 13.0. The van der Waals surface area contributed by atoms with E-state index in [0.717, 1.165) is 12.0 Å². The predicted octanol–water partition coefficient (Wildman–Crippen LogP) is 1.21. The lowest BCUT2D eigenvalue weighted by Gasteiger charge is -2.34. The summed E-state index contributed by atoms with van der Waals surface area (Å²) in [6, 6.07) is 9.57. The van der Waals surface area contributed by atoms with Crippen molar-refractivity contribution >= 4 is 17.7 Å². The van der Waals surface area contributed by atoms with E-state index in [1.165, 1.54) is 4.68 Å². The van der Waals surface area contributed by atoms with E-state index in [0.29, 0.717) is 24.6 Å². The van der Waals surface area contributed by atoms with Crippen molar-refractivity contribution in [2.75, 3.05) is 13.1 Å². The number of hydrogen-bond donors (Lipinski definition) is 1. The van der Waals surface area contributed by atoms with Crippen molar-refractivity contribution in [3.05, 3.63) is 41.7 Å². The Balaban J connectivity index is 1.95. The molecular weight excluding hydrogens is 306 g/mol. The fourth-order valence-corrected chi connectivity index (χ4v) is 2.77. The van der Waals surface area contributed by atoms with Gasteiger partial charge in [0, 0.05) is 13.1 Å². The molecule has 1 aromatic carbocycles. The number of aliphatic hydroxyl groups excluding tert-OH is 1. The molecule has 0 radical (unpaired) electrons. The molecule has 1 aliphatic rings. The SMILES string of the molecule is Cc1nnnn1/C(=C\c1ccccc1)C(=O)N1CCC(C)C(O)C1. The number of hydrogen-bond acceptors (Lipinski definition) is 5. The first-order valence-corrected chi connectivity index (χ1v) is 8.05. The smallest absolute Gasteiger partial charge is 0.272 e. The van der Waals surface area contributed by atoms with Crippen LogP contribution in [0.1, 0.15) is 24.7 Å². The molecule has 0 spiro atoms. The highest BCUT2D eigenvalue weighted by Gasteiger charge is 2.30. The van der Waals surface area contributed by atoms with Gasteiger partial charge in [-0.25, -0.2) is 0 Å². The van der Waals surface area contributed by atoms with Gasteiger partial charge in [-0.1, -0.05) is 37.3 Å². The molecule has 0 bridgehead atoms. The third-order valence-electron chi connectivity index (χ3n) is 4.38. The van der Waals surface area contributed by atoms with Crippen LogP contribution in [0, 0.1) is 12.8 Å². The van der Waals surface area contributed by atoms with Crippen LogP contribution in [-0.2, 0) is 4.79 Å². The molecule has 1 N–H and O–H groups in total. The fourth-order valence-electron chi connectivity index (χ4n) is 2.77. The zero-order valence-electron chi connectivity index (χ0n) is 13.8. The predicted molar refractivity (Wildman–Crippen MR) is 89.5 cm³/mol. The fraction of sp³-hybridized carbons (Fsp3) is 0.412. The van der Waals surface area contributed by atoms with E-state index in [4.69, 9.17) is 0 Å². The Kier molecular flexibility index (Phi) is 4.71. The normalized spacial score (nSPS) is 21.8. The van der Waals surface area contributed by atoms with Crippen LogP contribution < -0.4 is 0 Å². The minimum atomic E-state index is -0.504. The third kappa shape index (κ3) is 3.35. The van der Waals surface area contributed by atoms with Crippen LogP contribution in [0.3, 0.4) is 0 Å². The van der Waals surface area contributed by atoms with Crippen LogP contribution in [0.4, 0.5) is 0 Å². The van der Waals surface area contributed by atoms with Gasteiger partial charge in [0.05, 0.1) is 6.10 Å². The molecule has 126 valence electrons. The summed E-state index contributed by atoms with van der Waals surface area (Å²) in [5, 5.41) is 21.5. The number of tetrazole rings is 1. The quantitative estimate of drug-likeness (QED) is 0.857. The zero-order valence-corrected chi connectivity index (χ0v) is 13.8. The van der Waals surface area contributed by atoms with Gasteiger partial charge in [-0.15, -0.1) is 5.10 Å². The highest BCUT2D eigenvalue weighted by Crippen LogP contribution is 2.21. The summed E-state index contributed by atoms with van der Waals surface area (Å²) in [7, 11) is 0. The summed E-state index contributed by atoms with van der Waals surface area (Å²) >= 11 is 0. The Bertz CT molecular complexity index is 740. The zero-order chi connectivity index (χ0) is 17.1. The average molecular weight is 327 g/mol. The van der Waals surface area contributed by atoms with Crippen LogP contribution in [0.2, 0.25) is 0 Å². The van der Waals surface area contributed by atoms with Crippen molar-refractivity contribution in [1.29, 1.82) is 0 Å². The number of piperidine rings is 1. The van der Waals surface area contributed by atoms with E-state index in [-0.39, 0.29) is 11.8 Å². The second-order valence-corrected chi connectivity index (χ2v) is 6.16. The number of carbonyl (C=O) groups excluding carboxylic acids is 1. The highest BCUT2D eigenvalue weighted by atomic mass is 16.3. The van der Waals surface area contributed by atoms with E-state index in [1.807, 2.05) is 37.3 Å². The summed E-state index contributed by atoms with van der Waals surface area (Å²) in [5.74, 6) is 0.557. The Morgan fingerprint density at radius 1 is 1.33 bits per heavy atom. The van der Waals surface area contributed by atoms with Crippen molar-refractivity contribution in [1.82, 2.24) is 25.1 Å². The monoisotopic (exact) mass is 327 g/mol. The number of benzene rings is 1. The number of likely N-dealkylation sites (tertiary alicyclic amines) is 1. The molecule has 24 heavy (non-hydrogen) atoms. The van der Waals surface area contributed by atoms with Crippen molar-refractivity contribution in [2.45, 2.75) is 26.4 Å². The molecule has 0 aliphatic carbocycles. The van der Waals surface area contributed by atoms with Crippen molar-refractivity contribution < 1.29 is 9.90 Å². The molecule has 1 fully saturated rings. The van der Waals surface area contributed by atoms with E-state index in [9.17, 15) is 9.90 Å². The second kappa shape index (κ2) is 6.92. The van der Waals surface area contributed by atoms with Crippen LogP contribution in [0.15, 0.2) is 30.3 Å². The minimum absolute atomic E-state index is 0.180. The first-order chi connectivity index (χ1) is 11.6. The van der Waals surface area contributed by atoms with Crippen molar-refractivity contribution in [3.63, 3.8) is 0 Å². The molecular formula is C17H21N5O2. The van der Waals surface area contributed by atoms with Gasteiger partial charge in [-0.2, -0.15) is 4.68 Å². The van der Waals surface area contributed by atoms with E-state index in [1.54, 1.807) is 17.9 Å². The Morgan fingerprint density at radius 2 is 2.08 bits per heavy atom. The van der Waals surface area contributed by atoms with Gasteiger partial charge in [0.15, 0.2) is 5.82 Å². The summed E-state index contributed by atoms with van der Waals surface area (Å²) in [6.45, 7) is 4.69. The first-order valence-electron chi connectivity index (χ1n) is 8.05. The molecule has 2 aromatic rings. The molecule has 7 nitrogen and oxygen atoms in total. The summed E-state index contributed by atoms with van der Waals surface area (Å²) in [5.41, 5.74) is 1.27. The maximum absolute atomic E-state index is 13.0. The van der Waals surface area contributed by atoms with Gasteiger partial charge in [-0.3, -0.25) is 4.79 Å². The number of aliphatic hydroxyl groups is 1. The van der Waals surface area contributed by atoms with E-state index >= 15 is 0 Å². The number of aryl methyl sites for hydroxylation is 1. The van der Waals surface area contributed by atoms with Crippen LogP contribution in [0.5, 0.6) is 0 Å². The van der Waals surface area contributed by atoms with Gasteiger partial charge in [0.25, 0.3) is 5.91 Å². The number of amides is 1. The Morgan fingerprint density at radius 3 is 2.71 bits per heavy atom. The lowest BCUT2D eigenvalue weighted by atomic mass is 9.96. The van der Waals surface area contributed by atoms with Crippen molar-refractivity contribution in [3.8, 4) is 0 Å². The second-order valence-electron chi connectivity index (χ2n) is 6.16. The lowest BCUT2D eigenvalue weighted by molar-refractivity contribution is -0.129. The molecule has 7 heteroatoms. The number of aromatic nitrogens is 4. The molecule has 3 rings (SSSR count). The standard InChI is InChI=1S/C17H21N5O2/c1-12-8-9-21(11-16(12)23)17(24)15(22-13(2)18-19-20-22)10-14-6-4-3-5-7-14/h3-7,10,12,16,23H,8-9,11H2,1-2H3/b15-10-. The Labute approximate surface area is 140 Å². The van der Waals surface area contributed by atoms with Gasteiger partial charge in [0.2, 0.25) is 0 Å². The summed E-state index contributed by atoms with van der Waals surface area (Å²) < 4.78 is 1.44. The van der Waals surface area contributed by atoms with E-state index in [2.05, 4.69) is 15.5 Å². The summed E-state index contributed by atoms with van der Waals surface area (Å²) in [4.78, 5) is 14.7. The third-order valence-corrected chi connectivity index (χ3v) is 4.38. The molecule has 1 aliphatic heterocycles. The number of nitrogens with zero attached hydrogens (tertiary/aromatic N) is 5. The Hall–Kier alpha value is -2.54. The number of carbonyl (C=O) groups is 1. The van der Waals surface area contributed by atoms with Gasteiger partial charge in [0.1, 0.15) is 5.70 Å². The summed E-state index contributed by atoms with van der Waals surface area (Å²) in [6.07, 6.45) is 2.05. The van der Waals surface area contributed by atoms with Crippen LogP contribution in [0.25, 0.3) is 11.8 Å². The maximum Gasteiger partial charge on any atom is 0.272 e. The number of β-amino-alcohol motifs (C(OH)–C–C–N with tert-alkyl or cyclic N) is 1. The molecule has 1 aromatic heterocycles. The van der Waals surface area contributed by atoms with Gasteiger partial charge in [-0.05, 0) is 41.3 Å². The largest absolute Gasteiger partial charge is 0.391 e. The van der Waals surface area contributed by atoms with Crippen molar-refractivity contribution in [2.24, 2.45) is 5.92 Å². The molecule has 2 unspecified atom stereocenters.